The number of carbonyl (C=O) groups excluding carboxylic acids is 3. The smallest absolute Gasteiger partial charge is 0.349 e. The van der Waals surface area contributed by atoms with Crippen LogP contribution in [0.3, 0.4) is 0 Å². The van der Waals surface area contributed by atoms with E-state index < -0.39 is 24.5 Å². The minimum absolute atomic E-state index is 0.204. The lowest BCUT2D eigenvalue weighted by molar-refractivity contribution is -0.142. The number of nitrogens with zero attached hydrogens (tertiary/aromatic N) is 1. The number of aryl methyl sites for hydroxylation is 1. The summed E-state index contributed by atoms with van der Waals surface area (Å²) in [5, 5.41) is 12.1. The summed E-state index contributed by atoms with van der Waals surface area (Å²) in [7, 11) is 1.53. The third-order valence-electron chi connectivity index (χ3n) is 4.22. The molecule has 1 aromatic heterocycles. The molecule has 1 heterocycles. The Balaban J connectivity index is 2.04. The Kier molecular flexibility index (Phi) is 8.34. The molecule has 0 fully saturated rings. The zero-order valence-electron chi connectivity index (χ0n) is 17.6. The monoisotopic (exact) mass is 442 g/mol. The fraction of sp³-hybridized carbons (Fsp3) is 0.273. The van der Waals surface area contributed by atoms with Gasteiger partial charge in [0.15, 0.2) is 6.61 Å². The first-order valence-electron chi connectivity index (χ1n) is 9.30. The molecule has 0 bridgehead atoms. The first-order chi connectivity index (χ1) is 14.8. The summed E-state index contributed by atoms with van der Waals surface area (Å²) in [6.45, 7) is 4.86. The number of esters is 2. The normalized spacial score (nSPS) is 10.7. The molecule has 1 aromatic carbocycles. The van der Waals surface area contributed by atoms with E-state index in [4.69, 9.17) is 14.2 Å². The van der Waals surface area contributed by atoms with Crippen molar-refractivity contribution in [2.75, 3.05) is 25.6 Å². The lowest BCUT2D eigenvalue weighted by atomic mass is 10.1. The maximum Gasteiger partial charge on any atom is 0.349 e. The van der Waals surface area contributed by atoms with Crippen molar-refractivity contribution in [1.82, 2.24) is 0 Å². The van der Waals surface area contributed by atoms with Crippen molar-refractivity contribution in [3.63, 3.8) is 0 Å². The molecule has 0 saturated heterocycles. The quantitative estimate of drug-likeness (QED) is 0.377. The topological polar surface area (TPSA) is 115 Å². The Morgan fingerprint density at radius 1 is 1.16 bits per heavy atom. The number of nitriles is 1. The Hall–Kier alpha value is -3.64. The molecule has 1 N–H and O–H groups in total. The molecule has 0 unspecified atom stereocenters. The molecule has 9 heteroatoms. The maximum atomic E-state index is 12.3. The molecule has 162 valence electrons. The van der Waals surface area contributed by atoms with Gasteiger partial charge in [0.25, 0.3) is 5.91 Å². The zero-order chi connectivity index (χ0) is 23.0. The molecule has 1 amide bonds. The van der Waals surface area contributed by atoms with Crippen molar-refractivity contribution in [2.24, 2.45) is 0 Å². The number of hydrogen-bond acceptors (Lipinski definition) is 8. The van der Waals surface area contributed by atoms with E-state index in [9.17, 15) is 19.6 Å². The highest BCUT2D eigenvalue weighted by Gasteiger charge is 2.22. The van der Waals surface area contributed by atoms with Crippen LogP contribution in [-0.2, 0) is 19.1 Å². The van der Waals surface area contributed by atoms with Crippen molar-refractivity contribution < 1.29 is 28.6 Å². The predicted molar refractivity (Wildman–Crippen MR) is 116 cm³/mol. The van der Waals surface area contributed by atoms with Crippen molar-refractivity contribution in [2.45, 2.75) is 20.8 Å². The third kappa shape index (κ3) is 6.17. The largest absolute Gasteiger partial charge is 0.497 e. The van der Waals surface area contributed by atoms with E-state index in [-0.39, 0.29) is 17.7 Å². The lowest BCUT2D eigenvalue weighted by Crippen LogP contribution is -2.22. The van der Waals surface area contributed by atoms with E-state index in [1.54, 1.807) is 44.2 Å². The number of nitrogens with one attached hydrogen (secondary N) is 1. The maximum absolute atomic E-state index is 12.3. The molecule has 0 saturated carbocycles. The Morgan fingerprint density at radius 3 is 2.42 bits per heavy atom. The van der Waals surface area contributed by atoms with E-state index in [0.29, 0.717) is 21.9 Å². The molecular weight excluding hydrogens is 420 g/mol. The van der Waals surface area contributed by atoms with Gasteiger partial charge in [-0.1, -0.05) is 12.1 Å². The minimum atomic E-state index is -0.933. The van der Waals surface area contributed by atoms with Crippen LogP contribution in [0.5, 0.6) is 5.75 Å². The first kappa shape index (κ1) is 23.6. The Bertz CT molecular complexity index is 1050. The second-order valence-corrected chi connectivity index (χ2v) is 7.50. The average Bonchev–Trinajstić information content (AvgIpc) is 3.03. The second kappa shape index (κ2) is 10.9. The molecule has 31 heavy (non-hydrogen) atoms. The summed E-state index contributed by atoms with van der Waals surface area (Å²) in [5.41, 5.74) is 1.33. The third-order valence-corrected chi connectivity index (χ3v) is 5.34. The summed E-state index contributed by atoms with van der Waals surface area (Å²) in [5.74, 6) is -1.47. The van der Waals surface area contributed by atoms with Crippen LogP contribution in [0.4, 0.5) is 5.00 Å². The van der Waals surface area contributed by atoms with E-state index in [1.807, 2.05) is 6.92 Å². The van der Waals surface area contributed by atoms with Gasteiger partial charge in [0, 0.05) is 4.88 Å². The van der Waals surface area contributed by atoms with Gasteiger partial charge >= 0.3 is 11.9 Å². The number of amides is 1. The van der Waals surface area contributed by atoms with Crippen LogP contribution in [0.15, 0.2) is 29.8 Å². The zero-order valence-corrected chi connectivity index (χ0v) is 18.4. The Morgan fingerprint density at radius 2 is 1.84 bits per heavy atom. The van der Waals surface area contributed by atoms with Gasteiger partial charge < -0.3 is 19.5 Å². The molecule has 0 aliphatic carbocycles. The summed E-state index contributed by atoms with van der Waals surface area (Å²) in [6.07, 6.45) is 1.35. The number of thiophene rings is 1. The van der Waals surface area contributed by atoms with Crippen LogP contribution >= 0.6 is 11.3 Å². The number of benzene rings is 1. The molecule has 0 spiro atoms. The number of methoxy groups -OCH3 is 1. The van der Waals surface area contributed by atoms with Crippen LogP contribution in [-0.4, -0.2) is 38.2 Å². The van der Waals surface area contributed by atoms with Crippen molar-refractivity contribution >= 4 is 40.3 Å². The number of anilines is 1. The predicted octanol–water partition coefficient (Wildman–Crippen LogP) is 3.64. The van der Waals surface area contributed by atoms with Gasteiger partial charge in [0.05, 0.1) is 19.3 Å². The number of hydrogen-bond donors (Lipinski definition) is 1. The van der Waals surface area contributed by atoms with Crippen molar-refractivity contribution in [3.8, 4) is 11.8 Å². The van der Waals surface area contributed by atoms with Crippen LogP contribution in [0, 0.1) is 25.2 Å². The molecule has 0 aliphatic heterocycles. The molecule has 2 rings (SSSR count). The molecule has 0 radical (unpaired) electrons. The lowest BCUT2D eigenvalue weighted by Gasteiger charge is -2.08. The van der Waals surface area contributed by atoms with Crippen LogP contribution in [0.2, 0.25) is 0 Å². The Labute approximate surface area is 184 Å². The molecular formula is C22H22N2O6S. The highest BCUT2D eigenvalue weighted by Crippen LogP contribution is 2.33. The van der Waals surface area contributed by atoms with Gasteiger partial charge in [-0.15, -0.1) is 11.3 Å². The van der Waals surface area contributed by atoms with E-state index in [2.05, 4.69) is 5.32 Å². The van der Waals surface area contributed by atoms with Crippen molar-refractivity contribution in [3.05, 3.63) is 51.4 Å². The molecule has 0 atom stereocenters. The summed E-state index contributed by atoms with van der Waals surface area (Å²) in [4.78, 5) is 37.5. The number of ether oxygens (including phenoxy) is 3. The van der Waals surface area contributed by atoms with Crippen LogP contribution in [0.25, 0.3) is 6.08 Å². The van der Waals surface area contributed by atoms with Gasteiger partial charge in [0.2, 0.25) is 0 Å². The van der Waals surface area contributed by atoms with Gasteiger partial charge in [-0.05, 0) is 50.1 Å². The second-order valence-electron chi connectivity index (χ2n) is 6.28. The molecule has 2 aromatic rings. The van der Waals surface area contributed by atoms with Crippen LogP contribution in [0.1, 0.15) is 33.3 Å². The number of carbonyl (C=O) groups is 3. The van der Waals surface area contributed by atoms with Crippen molar-refractivity contribution in [1.29, 1.82) is 5.26 Å². The highest BCUT2D eigenvalue weighted by molar-refractivity contribution is 7.16. The molecule has 8 nitrogen and oxygen atoms in total. The standard InChI is InChI=1S/C22H22N2O6S/c1-5-29-22(27)19-13(2)14(3)31-20(19)24-18(25)12-30-21(26)16(11-23)10-15-6-8-17(28-4)9-7-15/h6-10H,5,12H2,1-4H3,(H,24,25)/b16-10+. The first-order valence-corrected chi connectivity index (χ1v) is 10.1. The fourth-order valence-corrected chi connectivity index (χ4v) is 3.60. The highest BCUT2D eigenvalue weighted by atomic mass is 32.1. The van der Waals surface area contributed by atoms with Gasteiger partial charge in [0.1, 0.15) is 22.4 Å². The van der Waals surface area contributed by atoms with E-state index >= 15 is 0 Å². The fourth-order valence-electron chi connectivity index (χ4n) is 2.54. The van der Waals surface area contributed by atoms with E-state index in [1.165, 1.54) is 24.5 Å². The minimum Gasteiger partial charge on any atom is -0.497 e. The number of rotatable bonds is 8. The van der Waals surface area contributed by atoms with Gasteiger partial charge in [-0.25, -0.2) is 9.59 Å². The average molecular weight is 442 g/mol. The van der Waals surface area contributed by atoms with Gasteiger partial charge in [-0.2, -0.15) is 5.26 Å². The SMILES string of the molecule is CCOC(=O)c1c(NC(=O)COC(=O)/C(C#N)=C/c2ccc(OC)cc2)sc(C)c1C. The summed E-state index contributed by atoms with van der Waals surface area (Å²) < 4.78 is 15.0. The van der Waals surface area contributed by atoms with Crippen LogP contribution < -0.4 is 10.1 Å². The van der Waals surface area contributed by atoms with Gasteiger partial charge in [-0.3, -0.25) is 4.79 Å². The summed E-state index contributed by atoms with van der Waals surface area (Å²) in [6, 6.07) is 8.49. The molecule has 0 aliphatic rings. The summed E-state index contributed by atoms with van der Waals surface area (Å²) >= 11 is 1.23. The van der Waals surface area contributed by atoms with E-state index in [0.717, 1.165) is 4.88 Å².